The van der Waals surface area contributed by atoms with Gasteiger partial charge in [-0.15, -0.1) is 0 Å². The molecular formula is C17H22N2. The van der Waals surface area contributed by atoms with Crippen LogP contribution in [0.15, 0.2) is 41.4 Å². The average Bonchev–Trinajstić information content (AvgIpc) is 2.37. The highest BCUT2D eigenvalue weighted by Crippen LogP contribution is 2.22. The molecule has 0 saturated heterocycles. The van der Waals surface area contributed by atoms with Gasteiger partial charge >= 0.3 is 0 Å². The summed E-state index contributed by atoms with van der Waals surface area (Å²) >= 11 is 0. The van der Waals surface area contributed by atoms with Gasteiger partial charge in [-0.3, -0.25) is 4.99 Å². The van der Waals surface area contributed by atoms with Crippen LogP contribution >= 0.6 is 0 Å². The lowest BCUT2D eigenvalue weighted by Gasteiger charge is -2.24. The molecule has 1 aromatic carbocycles. The highest BCUT2D eigenvalue weighted by atomic mass is 14.8. The van der Waals surface area contributed by atoms with Crippen molar-refractivity contribution in [2.75, 3.05) is 0 Å². The molecule has 2 rings (SSSR count). The summed E-state index contributed by atoms with van der Waals surface area (Å²) in [5.74, 6) is 0. The maximum absolute atomic E-state index is 4.78. The summed E-state index contributed by atoms with van der Waals surface area (Å²) in [4.78, 5) is 9.46. The van der Waals surface area contributed by atoms with Crippen molar-refractivity contribution < 1.29 is 0 Å². The molecule has 0 N–H and O–H groups in total. The van der Waals surface area contributed by atoms with E-state index in [2.05, 4.69) is 50.9 Å². The van der Waals surface area contributed by atoms with Crippen molar-refractivity contribution in [2.45, 2.75) is 40.7 Å². The monoisotopic (exact) mass is 254 g/mol. The molecule has 0 aliphatic rings. The Balaban J connectivity index is 2.36. The molecule has 2 heteroatoms. The normalized spacial score (nSPS) is 14.7. The number of benzene rings is 1. The largest absolute Gasteiger partial charge is 0.284 e. The number of aliphatic imine (C=N–C) groups is 1. The summed E-state index contributed by atoms with van der Waals surface area (Å²) in [6.45, 7) is 10.8. The first kappa shape index (κ1) is 13.7. The third-order valence-electron chi connectivity index (χ3n) is 3.61. The molecule has 2 aromatic rings. The summed E-state index contributed by atoms with van der Waals surface area (Å²) < 4.78 is 0. The zero-order chi connectivity index (χ0) is 14.0. The van der Waals surface area contributed by atoms with Crippen LogP contribution in [0.25, 0.3) is 10.9 Å². The van der Waals surface area contributed by atoms with Crippen molar-refractivity contribution in [3.05, 3.63) is 42.1 Å². The van der Waals surface area contributed by atoms with Crippen LogP contribution in [0, 0.1) is 5.41 Å². The van der Waals surface area contributed by atoms with Gasteiger partial charge in [-0.25, -0.2) is 4.98 Å². The first-order valence-electron chi connectivity index (χ1n) is 6.78. The molecule has 0 amide bonds. The number of para-hydroxylation sites is 1. The van der Waals surface area contributed by atoms with E-state index < -0.39 is 0 Å². The molecule has 0 aliphatic carbocycles. The Kier molecular flexibility index (Phi) is 3.70. The molecular weight excluding hydrogens is 232 g/mol. The number of pyridine rings is 1. The van der Waals surface area contributed by atoms with E-state index in [1.165, 1.54) is 5.39 Å². The van der Waals surface area contributed by atoms with Crippen LogP contribution in [0.4, 0.5) is 0 Å². The van der Waals surface area contributed by atoms with Gasteiger partial charge in [0, 0.05) is 5.39 Å². The van der Waals surface area contributed by atoms with Gasteiger partial charge in [0.2, 0.25) is 0 Å². The van der Waals surface area contributed by atoms with Crippen molar-refractivity contribution >= 4 is 16.6 Å². The van der Waals surface area contributed by atoms with E-state index in [-0.39, 0.29) is 11.5 Å². The second kappa shape index (κ2) is 5.12. The second-order valence-electron chi connectivity index (χ2n) is 6.15. The zero-order valence-corrected chi connectivity index (χ0v) is 12.4. The summed E-state index contributed by atoms with van der Waals surface area (Å²) in [7, 11) is 0. The van der Waals surface area contributed by atoms with E-state index in [4.69, 9.17) is 4.99 Å². The van der Waals surface area contributed by atoms with E-state index in [9.17, 15) is 0 Å². The van der Waals surface area contributed by atoms with Gasteiger partial charge in [-0.05, 0) is 31.4 Å². The van der Waals surface area contributed by atoms with Crippen LogP contribution in [0.3, 0.4) is 0 Å². The topological polar surface area (TPSA) is 25.2 Å². The van der Waals surface area contributed by atoms with Gasteiger partial charge in [0.15, 0.2) is 0 Å². The number of hydrogen-bond acceptors (Lipinski definition) is 2. The summed E-state index contributed by atoms with van der Waals surface area (Å²) in [5, 5.41) is 1.17. The van der Waals surface area contributed by atoms with Crippen LogP contribution in [-0.2, 0) is 0 Å². The van der Waals surface area contributed by atoms with E-state index >= 15 is 0 Å². The molecule has 0 bridgehead atoms. The molecule has 0 unspecified atom stereocenters. The molecule has 1 atom stereocenters. The molecule has 1 aromatic heterocycles. The van der Waals surface area contributed by atoms with Crippen molar-refractivity contribution in [1.82, 2.24) is 4.98 Å². The molecule has 1 heterocycles. The Hall–Kier alpha value is -1.70. The van der Waals surface area contributed by atoms with E-state index in [0.29, 0.717) is 0 Å². The van der Waals surface area contributed by atoms with Crippen molar-refractivity contribution in [3.63, 3.8) is 0 Å². The van der Waals surface area contributed by atoms with Crippen LogP contribution in [-0.4, -0.2) is 16.7 Å². The summed E-state index contributed by atoms with van der Waals surface area (Å²) in [6.07, 6.45) is 0. The minimum Gasteiger partial charge on any atom is -0.284 e. The molecule has 0 saturated carbocycles. The maximum Gasteiger partial charge on any atom is 0.0844 e. The van der Waals surface area contributed by atoms with Crippen LogP contribution in [0.2, 0.25) is 0 Å². The van der Waals surface area contributed by atoms with Crippen molar-refractivity contribution in [2.24, 2.45) is 10.4 Å². The zero-order valence-electron chi connectivity index (χ0n) is 12.4. The average molecular weight is 254 g/mol. The van der Waals surface area contributed by atoms with Gasteiger partial charge < -0.3 is 0 Å². The number of hydrogen-bond donors (Lipinski definition) is 0. The molecule has 0 fully saturated rings. The predicted octanol–water partition coefficient (Wildman–Crippen LogP) is 4.48. The third-order valence-corrected chi connectivity index (χ3v) is 3.61. The molecule has 19 heavy (non-hydrogen) atoms. The first-order chi connectivity index (χ1) is 8.88. The molecule has 0 aliphatic heterocycles. The Morgan fingerprint density at radius 1 is 1.11 bits per heavy atom. The minimum atomic E-state index is 0.179. The highest BCUT2D eigenvalue weighted by molar-refractivity contribution is 5.98. The second-order valence-corrected chi connectivity index (χ2v) is 6.15. The van der Waals surface area contributed by atoms with Gasteiger partial charge in [-0.2, -0.15) is 0 Å². The maximum atomic E-state index is 4.78. The summed E-state index contributed by atoms with van der Waals surface area (Å²) in [5.41, 5.74) is 3.18. The molecule has 0 radical (unpaired) electrons. The molecule has 2 nitrogen and oxygen atoms in total. The Morgan fingerprint density at radius 3 is 2.47 bits per heavy atom. The lowest BCUT2D eigenvalue weighted by molar-refractivity contribution is 0.342. The third kappa shape index (κ3) is 3.19. The Morgan fingerprint density at radius 2 is 1.79 bits per heavy atom. The fraction of sp³-hybridized carbons (Fsp3) is 0.412. The SMILES string of the molecule is CC(=N[C@@H](C)C(C)(C)C)c1ccc2ccccc2n1. The molecule has 100 valence electrons. The van der Waals surface area contributed by atoms with E-state index in [1.54, 1.807) is 0 Å². The number of aromatic nitrogens is 1. The van der Waals surface area contributed by atoms with E-state index in [0.717, 1.165) is 16.9 Å². The smallest absolute Gasteiger partial charge is 0.0844 e. The predicted molar refractivity (Wildman–Crippen MR) is 82.9 cm³/mol. The fourth-order valence-electron chi connectivity index (χ4n) is 1.82. The lowest BCUT2D eigenvalue weighted by Crippen LogP contribution is -2.22. The van der Waals surface area contributed by atoms with Gasteiger partial charge in [0.05, 0.1) is 23.0 Å². The van der Waals surface area contributed by atoms with Gasteiger partial charge in [0.25, 0.3) is 0 Å². The van der Waals surface area contributed by atoms with E-state index in [1.807, 2.05) is 25.1 Å². The van der Waals surface area contributed by atoms with Crippen LogP contribution in [0.5, 0.6) is 0 Å². The number of nitrogens with zero attached hydrogens (tertiary/aromatic N) is 2. The van der Waals surface area contributed by atoms with Crippen LogP contribution in [0.1, 0.15) is 40.3 Å². The number of rotatable bonds is 2. The van der Waals surface area contributed by atoms with Gasteiger partial charge in [0.1, 0.15) is 0 Å². The van der Waals surface area contributed by atoms with Gasteiger partial charge in [-0.1, -0.05) is 45.0 Å². The standard InChI is InChI=1S/C17H22N2/c1-12(18-13(2)17(3,4)5)15-11-10-14-8-6-7-9-16(14)19-15/h6-11,13H,1-5H3/t13-/m0/s1. The van der Waals surface area contributed by atoms with Crippen molar-refractivity contribution in [3.8, 4) is 0 Å². The first-order valence-corrected chi connectivity index (χ1v) is 6.78. The fourth-order valence-corrected chi connectivity index (χ4v) is 1.82. The number of fused-ring (bicyclic) bond motifs is 1. The Labute approximate surface area is 115 Å². The molecule has 0 spiro atoms. The summed E-state index contributed by atoms with van der Waals surface area (Å²) in [6, 6.07) is 12.6. The quantitative estimate of drug-likeness (QED) is 0.725. The van der Waals surface area contributed by atoms with Crippen LogP contribution < -0.4 is 0 Å². The van der Waals surface area contributed by atoms with Crippen molar-refractivity contribution in [1.29, 1.82) is 0 Å². The Bertz CT molecular complexity index is 606. The highest BCUT2D eigenvalue weighted by Gasteiger charge is 2.19. The lowest BCUT2D eigenvalue weighted by atomic mass is 9.88. The minimum absolute atomic E-state index is 0.179.